The molecule has 3 rings (SSSR count). The monoisotopic (exact) mass is 382 g/mol. The molecule has 2 aromatic rings. The van der Waals surface area contributed by atoms with E-state index in [1.165, 1.54) is 0 Å². The average molecular weight is 383 g/mol. The summed E-state index contributed by atoms with van der Waals surface area (Å²) in [6, 6.07) is 14.3. The summed E-state index contributed by atoms with van der Waals surface area (Å²) < 4.78 is 5.26. The highest BCUT2D eigenvalue weighted by Gasteiger charge is 2.16. The normalized spacial score (nSPS) is 15.4. The summed E-state index contributed by atoms with van der Waals surface area (Å²) in [6.07, 6.45) is -0.405. The molecule has 1 amide bonds. The summed E-state index contributed by atoms with van der Waals surface area (Å²) in [6.45, 7) is 10.1. The van der Waals surface area contributed by atoms with E-state index in [0.717, 1.165) is 48.8 Å². The first-order valence-electron chi connectivity index (χ1n) is 9.77. The lowest BCUT2D eigenvalue weighted by Crippen LogP contribution is -2.44. The van der Waals surface area contributed by atoms with Crippen LogP contribution in [-0.4, -0.2) is 54.8 Å². The fourth-order valence-corrected chi connectivity index (χ4v) is 3.08. The molecule has 0 radical (unpaired) electrons. The number of amides is 1. The van der Waals surface area contributed by atoms with Gasteiger partial charge < -0.3 is 19.9 Å². The Balaban J connectivity index is 1.62. The van der Waals surface area contributed by atoms with Crippen molar-refractivity contribution in [1.82, 2.24) is 15.2 Å². The number of alkyl carbamates (subject to hydrolysis) is 1. The minimum Gasteiger partial charge on any atom is -0.444 e. The minimum absolute atomic E-state index is 0.405. The Hall–Kier alpha value is -2.60. The number of anilines is 1. The van der Waals surface area contributed by atoms with Crippen LogP contribution in [0.1, 0.15) is 26.3 Å². The van der Waals surface area contributed by atoms with E-state index in [9.17, 15) is 4.79 Å². The predicted molar refractivity (Wildman–Crippen MR) is 112 cm³/mol. The van der Waals surface area contributed by atoms with Crippen molar-refractivity contribution in [2.24, 2.45) is 0 Å². The van der Waals surface area contributed by atoms with Crippen molar-refractivity contribution < 1.29 is 9.53 Å². The highest BCUT2D eigenvalue weighted by Crippen LogP contribution is 2.22. The molecule has 0 saturated carbocycles. The number of hydrogen-bond acceptors (Lipinski definition) is 5. The summed E-state index contributed by atoms with van der Waals surface area (Å²) in [5.41, 5.74) is 2.55. The molecule has 0 aliphatic carbocycles. The number of likely N-dealkylation sites (N-methyl/N-ethyl adjacent to an activating group) is 1. The van der Waals surface area contributed by atoms with Gasteiger partial charge in [-0.15, -0.1) is 0 Å². The first-order valence-corrected chi connectivity index (χ1v) is 9.77. The van der Waals surface area contributed by atoms with Crippen molar-refractivity contribution in [3.05, 3.63) is 48.0 Å². The number of nitrogens with zero attached hydrogens (tertiary/aromatic N) is 3. The highest BCUT2D eigenvalue weighted by molar-refractivity contribution is 5.68. The number of aromatic nitrogens is 1. The molecule has 2 heterocycles. The van der Waals surface area contributed by atoms with E-state index in [-0.39, 0.29) is 0 Å². The molecule has 1 aromatic carbocycles. The third kappa shape index (κ3) is 5.70. The molecule has 28 heavy (non-hydrogen) atoms. The molecular formula is C22H30N4O2. The topological polar surface area (TPSA) is 57.7 Å². The van der Waals surface area contributed by atoms with Crippen LogP contribution >= 0.6 is 0 Å². The molecule has 1 aliphatic heterocycles. The fraction of sp³-hybridized carbons (Fsp3) is 0.455. The van der Waals surface area contributed by atoms with Crippen molar-refractivity contribution in [3.63, 3.8) is 0 Å². The summed E-state index contributed by atoms with van der Waals surface area (Å²) in [7, 11) is 2.15. The molecule has 1 N–H and O–H groups in total. The van der Waals surface area contributed by atoms with Crippen molar-refractivity contribution in [2.75, 3.05) is 38.1 Å². The number of ether oxygens (including phenoxy) is 1. The second-order valence-corrected chi connectivity index (χ2v) is 8.22. The van der Waals surface area contributed by atoms with Gasteiger partial charge in [-0.2, -0.15) is 0 Å². The Labute approximate surface area is 167 Å². The second-order valence-electron chi connectivity index (χ2n) is 8.22. The molecule has 1 saturated heterocycles. The van der Waals surface area contributed by atoms with Gasteiger partial charge in [0.2, 0.25) is 0 Å². The zero-order chi connectivity index (χ0) is 20.1. The number of piperazine rings is 1. The van der Waals surface area contributed by atoms with Crippen LogP contribution in [0.3, 0.4) is 0 Å². The van der Waals surface area contributed by atoms with Gasteiger partial charge in [0.1, 0.15) is 11.4 Å². The number of rotatable bonds is 4. The Morgan fingerprint density at radius 2 is 1.75 bits per heavy atom. The maximum absolute atomic E-state index is 11.8. The standard InChI is InChI=1S/C22H30N4O2/c1-22(2,3)28-21(27)23-16-17-8-10-18(11-9-17)19-6-5-7-20(24-19)26-14-12-25(4)13-15-26/h5-11H,12-16H2,1-4H3,(H,23,27). The lowest BCUT2D eigenvalue weighted by Gasteiger charge is -2.33. The van der Waals surface area contributed by atoms with Crippen molar-refractivity contribution in [1.29, 1.82) is 0 Å². The number of pyridine rings is 1. The Kier molecular flexibility index (Phi) is 6.19. The van der Waals surface area contributed by atoms with Crippen LogP contribution in [0.2, 0.25) is 0 Å². The minimum atomic E-state index is -0.492. The summed E-state index contributed by atoms with van der Waals surface area (Å²) >= 11 is 0. The van der Waals surface area contributed by atoms with Gasteiger partial charge in [0.25, 0.3) is 0 Å². The van der Waals surface area contributed by atoms with Crippen LogP contribution in [0, 0.1) is 0 Å². The third-order valence-corrected chi connectivity index (χ3v) is 4.65. The van der Waals surface area contributed by atoms with Crippen LogP contribution in [0.4, 0.5) is 10.6 Å². The number of carbonyl (C=O) groups is 1. The lowest BCUT2D eigenvalue weighted by atomic mass is 10.1. The summed E-state index contributed by atoms with van der Waals surface area (Å²) in [5, 5.41) is 2.78. The molecular weight excluding hydrogens is 352 g/mol. The number of nitrogens with one attached hydrogen (secondary N) is 1. The predicted octanol–water partition coefficient (Wildman–Crippen LogP) is 3.53. The van der Waals surface area contributed by atoms with Crippen molar-refractivity contribution >= 4 is 11.9 Å². The maximum atomic E-state index is 11.8. The van der Waals surface area contributed by atoms with Crippen molar-refractivity contribution in [3.8, 4) is 11.3 Å². The lowest BCUT2D eigenvalue weighted by molar-refractivity contribution is 0.0523. The molecule has 6 nitrogen and oxygen atoms in total. The average Bonchev–Trinajstić information content (AvgIpc) is 2.66. The Morgan fingerprint density at radius 1 is 1.07 bits per heavy atom. The fourth-order valence-electron chi connectivity index (χ4n) is 3.08. The molecule has 150 valence electrons. The smallest absolute Gasteiger partial charge is 0.407 e. The van der Waals surface area contributed by atoms with Gasteiger partial charge in [-0.1, -0.05) is 30.3 Å². The van der Waals surface area contributed by atoms with Crippen LogP contribution in [0.5, 0.6) is 0 Å². The Bertz CT molecular complexity index is 791. The van der Waals surface area contributed by atoms with Crippen molar-refractivity contribution in [2.45, 2.75) is 32.9 Å². The van der Waals surface area contributed by atoms with Gasteiger partial charge in [-0.25, -0.2) is 9.78 Å². The third-order valence-electron chi connectivity index (χ3n) is 4.65. The van der Waals surface area contributed by atoms with Crippen LogP contribution in [-0.2, 0) is 11.3 Å². The molecule has 0 spiro atoms. The van der Waals surface area contributed by atoms with Crippen LogP contribution in [0.15, 0.2) is 42.5 Å². The molecule has 6 heteroatoms. The summed E-state index contributed by atoms with van der Waals surface area (Å²) in [4.78, 5) is 21.3. The zero-order valence-corrected chi connectivity index (χ0v) is 17.2. The van der Waals surface area contributed by atoms with Gasteiger partial charge in [0.05, 0.1) is 5.69 Å². The molecule has 1 aliphatic rings. The van der Waals surface area contributed by atoms with Crippen LogP contribution in [0.25, 0.3) is 11.3 Å². The first-order chi connectivity index (χ1) is 13.3. The number of benzene rings is 1. The van der Waals surface area contributed by atoms with E-state index in [0.29, 0.717) is 6.54 Å². The zero-order valence-electron chi connectivity index (χ0n) is 17.2. The first kappa shape index (κ1) is 20.1. The van der Waals surface area contributed by atoms with Gasteiger partial charge >= 0.3 is 6.09 Å². The highest BCUT2D eigenvalue weighted by atomic mass is 16.6. The van der Waals surface area contributed by atoms with E-state index in [2.05, 4.69) is 34.3 Å². The molecule has 1 fully saturated rings. The summed E-state index contributed by atoms with van der Waals surface area (Å²) in [5.74, 6) is 1.03. The van der Waals surface area contributed by atoms with E-state index in [1.807, 2.05) is 51.1 Å². The number of hydrogen-bond donors (Lipinski definition) is 1. The van der Waals surface area contributed by atoms with E-state index in [4.69, 9.17) is 9.72 Å². The molecule has 0 unspecified atom stereocenters. The maximum Gasteiger partial charge on any atom is 0.407 e. The van der Waals surface area contributed by atoms with Gasteiger partial charge in [-0.05, 0) is 45.5 Å². The van der Waals surface area contributed by atoms with Crippen LogP contribution < -0.4 is 10.2 Å². The van der Waals surface area contributed by atoms with E-state index < -0.39 is 11.7 Å². The van der Waals surface area contributed by atoms with Gasteiger partial charge in [0.15, 0.2) is 0 Å². The van der Waals surface area contributed by atoms with E-state index in [1.54, 1.807) is 0 Å². The van der Waals surface area contributed by atoms with Gasteiger partial charge in [0, 0.05) is 38.3 Å². The van der Waals surface area contributed by atoms with E-state index >= 15 is 0 Å². The SMILES string of the molecule is CN1CCN(c2cccc(-c3ccc(CNC(=O)OC(C)(C)C)cc3)n2)CC1. The van der Waals surface area contributed by atoms with Gasteiger partial charge in [-0.3, -0.25) is 0 Å². The number of carbonyl (C=O) groups excluding carboxylic acids is 1. The quantitative estimate of drug-likeness (QED) is 0.877. The largest absolute Gasteiger partial charge is 0.444 e. The Morgan fingerprint density at radius 3 is 2.39 bits per heavy atom. The second kappa shape index (κ2) is 8.61. The molecule has 0 bridgehead atoms. The molecule has 0 atom stereocenters. The molecule has 1 aromatic heterocycles.